The maximum Gasteiger partial charge on any atom is 0.0576 e. The quantitative estimate of drug-likeness (QED) is 0.707. The molecule has 1 N–H and O–H groups in total. The number of hydrogen-bond acceptors (Lipinski definition) is 1. The fourth-order valence-electron chi connectivity index (χ4n) is 3.47. The Labute approximate surface area is 80.5 Å². The topological polar surface area (TPSA) is 20.2 Å². The van der Waals surface area contributed by atoms with E-state index in [9.17, 15) is 5.11 Å². The molecule has 0 aliphatic heterocycles. The molecule has 3 aliphatic carbocycles. The van der Waals surface area contributed by atoms with Gasteiger partial charge >= 0.3 is 0 Å². The second kappa shape index (κ2) is 2.98. The van der Waals surface area contributed by atoms with Crippen LogP contribution in [-0.2, 0) is 0 Å². The van der Waals surface area contributed by atoms with E-state index in [0.717, 1.165) is 30.1 Å². The lowest BCUT2D eigenvalue weighted by Crippen LogP contribution is -2.12. The zero-order valence-electron chi connectivity index (χ0n) is 8.28. The van der Waals surface area contributed by atoms with Crippen molar-refractivity contribution in [2.24, 2.45) is 23.7 Å². The van der Waals surface area contributed by atoms with Gasteiger partial charge in [0.05, 0.1) is 6.10 Å². The average molecular weight is 180 g/mol. The summed E-state index contributed by atoms with van der Waals surface area (Å²) >= 11 is 0. The minimum absolute atomic E-state index is 0.0700. The van der Waals surface area contributed by atoms with Crippen molar-refractivity contribution in [1.29, 1.82) is 0 Å². The van der Waals surface area contributed by atoms with Crippen LogP contribution in [0.5, 0.6) is 0 Å². The van der Waals surface area contributed by atoms with Crippen LogP contribution in [0.3, 0.4) is 0 Å². The van der Waals surface area contributed by atoms with Crippen molar-refractivity contribution >= 4 is 0 Å². The molecule has 1 heteroatoms. The summed E-state index contributed by atoms with van der Waals surface area (Å²) in [4.78, 5) is 0. The van der Waals surface area contributed by atoms with Crippen LogP contribution in [0.25, 0.3) is 0 Å². The van der Waals surface area contributed by atoms with Crippen molar-refractivity contribution in [3.63, 3.8) is 0 Å². The molecule has 74 valence electrons. The smallest absolute Gasteiger partial charge is 0.0576 e. The molecule has 3 atom stereocenters. The van der Waals surface area contributed by atoms with E-state index in [1.54, 1.807) is 0 Å². The molecule has 0 aromatic rings. The second-order valence-corrected chi connectivity index (χ2v) is 5.44. The summed E-state index contributed by atoms with van der Waals surface area (Å²) in [5.74, 6) is 3.49. The molecule has 3 unspecified atom stereocenters. The van der Waals surface area contributed by atoms with Crippen LogP contribution < -0.4 is 0 Å². The second-order valence-electron chi connectivity index (χ2n) is 5.44. The van der Waals surface area contributed by atoms with Gasteiger partial charge in [0.15, 0.2) is 0 Å². The van der Waals surface area contributed by atoms with Gasteiger partial charge in [-0.2, -0.15) is 0 Å². The lowest BCUT2D eigenvalue weighted by Gasteiger charge is -2.08. The predicted octanol–water partition coefficient (Wildman–Crippen LogP) is 2.58. The molecule has 0 aromatic carbocycles. The number of fused-ring (bicyclic) bond motifs is 1. The molecular formula is C12H20O. The molecule has 13 heavy (non-hydrogen) atoms. The van der Waals surface area contributed by atoms with Crippen LogP contribution in [0, 0.1) is 23.7 Å². The molecule has 0 bridgehead atoms. The molecule has 3 rings (SSSR count). The fraction of sp³-hybridized carbons (Fsp3) is 1.00. The highest BCUT2D eigenvalue weighted by atomic mass is 16.3. The number of aliphatic hydroxyl groups excluding tert-OH is 1. The first-order valence-electron chi connectivity index (χ1n) is 6.04. The number of rotatable bonds is 3. The summed E-state index contributed by atoms with van der Waals surface area (Å²) in [6, 6.07) is 0. The molecule has 3 fully saturated rings. The Bertz CT molecular complexity index is 185. The first kappa shape index (κ1) is 8.28. The van der Waals surface area contributed by atoms with E-state index in [4.69, 9.17) is 0 Å². The van der Waals surface area contributed by atoms with Gasteiger partial charge in [0.2, 0.25) is 0 Å². The van der Waals surface area contributed by atoms with Gasteiger partial charge in [0, 0.05) is 0 Å². The van der Waals surface area contributed by atoms with Crippen LogP contribution in [-0.4, -0.2) is 11.2 Å². The summed E-state index contributed by atoms with van der Waals surface area (Å²) in [6.45, 7) is 0. The van der Waals surface area contributed by atoms with E-state index in [0.29, 0.717) is 0 Å². The van der Waals surface area contributed by atoms with E-state index in [-0.39, 0.29) is 6.10 Å². The maximum absolute atomic E-state index is 10.0. The van der Waals surface area contributed by atoms with Crippen molar-refractivity contribution in [1.82, 2.24) is 0 Å². The van der Waals surface area contributed by atoms with Gasteiger partial charge in [-0.05, 0) is 42.9 Å². The van der Waals surface area contributed by atoms with Gasteiger partial charge in [-0.3, -0.25) is 0 Å². The molecule has 0 amide bonds. The first-order chi connectivity index (χ1) is 6.36. The van der Waals surface area contributed by atoms with E-state index in [1.165, 1.54) is 38.5 Å². The molecular weight excluding hydrogens is 160 g/mol. The average Bonchev–Trinajstić information content (AvgIpc) is 2.96. The zero-order chi connectivity index (χ0) is 8.84. The summed E-state index contributed by atoms with van der Waals surface area (Å²) in [5, 5.41) is 10.0. The van der Waals surface area contributed by atoms with E-state index in [2.05, 4.69) is 0 Å². The predicted molar refractivity (Wildman–Crippen MR) is 52.3 cm³/mol. The Morgan fingerprint density at radius 1 is 1.00 bits per heavy atom. The van der Waals surface area contributed by atoms with Gasteiger partial charge < -0.3 is 5.11 Å². The molecule has 3 saturated carbocycles. The monoisotopic (exact) mass is 180 g/mol. The normalized spacial score (nSPS) is 45.5. The molecule has 0 saturated heterocycles. The van der Waals surface area contributed by atoms with E-state index < -0.39 is 0 Å². The SMILES string of the molecule is OC(CC1CC1)C1C2CCCCC21. The van der Waals surface area contributed by atoms with Crippen molar-refractivity contribution < 1.29 is 5.11 Å². The van der Waals surface area contributed by atoms with Crippen LogP contribution in [0.4, 0.5) is 0 Å². The summed E-state index contributed by atoms with van der Waals surface area (Å²) in [5.41, 5.74) is 0. The molecule has 0 aromatic heterocycles. The Morgan fingerprint density at radius 2 is 1.62 bits per heavy atom. The maximum atomic E-state index is 10.0. The van der Waals surface area contributed by atoms with E-state index >= 15 is 0 Å². The highest BCUT2D eigenvalue weighted by molar-refractivity contribution is 5.03. The number of hydrogen-bond donors (Lipinski definition) is 1. The van der Waals surface area contributed by atoms with Crippen LogP contribution >= 0.6 is 0 Å². The van der Waals surface area contributed by atoms with Crippen LogP contribution in [0.2, 0.25) is 0 Å². The minimum atomic E-state index is 0.0700. The Hall–Kier alpha value is -0.0400. The van der Waals surface area contributed by atoms with Crippen LogP contribution in [0.15, 0.2) is 0 Å². The zero-order valence-corrected chi connectivity index (χ0v) is 8.28. The molecule has 3 aliphatic rings. The molecule has 1 nitrogen and oxygen atoms in total. The van der Waals surface area contributed by atoms with Gasteiger partial charge in [0.1, 0.15) is 0 Å². The number of aliphatic hydroxyl groups is 1. The third-order valence-electron chi connectivity index (χ3n) is 4.44. The van der Waals surface area contributed by atoms with Gasteiger partial charge in [-0.25, -0.2) is 0 Å². The van der Waals surface area contributed by atoms with Gasteiger partial charge in [-0.15, -0.1) is 0 Å². The third-order valence-corrected chi connectivity index (χ3v) is 4.44. The third kappa shape index (κ3) is 1.52. The van der Waals surface area contributed by atoms with Gasteiger partial charge in [-0.1, -0.05) is 25.7 Å². The Kier molecular flexibility index (Phi) is 1.90. The lowest BCUT2D eigenvalue weighted by molar-refractivity contribution is 0.124. The van der Waals surface area contributed by atoms with Gasteiger partial charge in [0.25, 0.3) is 0 Å². The first-order valence-corrected chi connectivity index (χ1v) is 6.04. The molecule has 0 heterocycles. The Balaban J connectivity index is 1.54. The van der Waals surface area contributed by atoms with Crippen molar-refractivity contribution in [3.8, 4) is 0 Å². The molecule has 0 spiro atoms. The lowest BCUT2D eigenvalue weighted by atomic mass is 10.0. The largest absolute Gasteiger partial charge is 0.393 e. The highest BCUT2D eigenvalue weighted by Crippen LogP contribution is 2.58. The molecule has 0 radical (unpaired) electrons. The Morgan fingerprint density at radius 3 is 2.15 bits per heavy atom. The van der Waals surface area contributed by atoms with Crippen molar-refractivity contribution in [3.05, 3.63) is 0 Å². The van der Waals surface area contributed by atoms with Crippen LogP contribution in [0.1, 0.15) is 44.9 Å². The fourth-order valence-corrected chi connectivity index (χ4v) is 3.47. The standard InChI is InChI=1S/C12H20O/c13-11(7-8-5-6-8)12-9-3-1-2-4-10(9)12/h8-13H,1-7H2. The summed E-state index contributed by atoms with van der Waals surface area (Å²) < 4.78 is 0. The minimum Gasteiger partial charge on any atom is -0.393 e. The highest BCUT2D eigenvalue weighted by Gasteiger charge is 2.54. The van der Waals surface area contributed by atoms with Crippen molar-refractivity contribution in [2.45, 2.75) is 51.0 Å². The van der Waals surface area contributed by atoms with Crippen molar-refractivity contribution in [2.75, 3.05) is 0 Å². The summed E-state index contributed by atoms with van der Waals surface area (Å²) in [6.07, 6.45) is 9.65. The summed E-state index contributed by atoms with van der Waals surface area (Å²) in [7, 11) is 0. The van der Waals surface area contributed by atoms with E-state index in [1.807, 2.05) is 0 Å².